The van der Waals surface area contributed by atoms with Crippen LogP contribution in [-0.2, 0) is 9.53 Å². The Morgan fingerprint density at radius 2 is 2.08 bits per heavy atom. The molecule has 1 amide bonds. The van der Waals surface area contributed by atoms with Crippen LogP contribution in [0.25, 0.3) is 0 Å². The summed E-state index contributed by atoms with van der Waals surface area (Å²) in [5, 5.41) is 2.40. The normalized spacial score (nSPS) is 8.83. The molecule has 1 N–H and O–H groups in total. The van der Waals surface area contributed by atoms with Gasteiger partial charge in [-0.15, -0.1) is 0 Å². The predicted octanol–water partition coefficient (Wildman–Crippen LogP) is 1.23. The van der Waals surface area contributed by atoms with Crippen molar-refractivity contribution in [3.63, 3.8) is 0 Å². The molecular formula is C8H13NO3. The van der Waals surface area contributed by atoms with Crippen LogP contribution in [0.5, 0.6) is 0 Å². The van der Waals surface area contributed by atoms with Crippen LogP contribution in [0.4, 0.5) is 4.79 Å². The van der Waals surface area contributed by atoms with E-state index in [2.05, 4.69) is 16.6 Å². The molecule has 0 heterocycles. The smallest absolute Gasteiger partial charge is 0.373 e. The fraction of sp³-hybridized carbons (Fsp3) is 0.500. The van der Waals surface area contributed by atoms with Gasteiger partial charge in [-0.2, -0.15) is 0 Å². The van der Waals surface area contributed by atoms with E-state index in [4.69, 9.17) is 0 Å². The van der Waals surface area contributed by atoms with Gasteiger partial charge >= 0.3 is 12.1 Å². The highest BCUT2D eigenvalue weighted by atomic mass is 16.6. The van der Waals surface area contributed by atoms with E-state index < -0.39 is 12.1 Å². The minimum atomic E-state index is -0.718. The second kappa shape index (κ2) is 5.35. The Morgan fingerprint density at radius 1 is 1.50 bits per heavy atom. The van der Waals surface area contributed by atoms with E-state index in [1.165, 1.54) is 6.92 Å². The van der Waals surface area contributed by atoms with Crippen LogP contribution in [0.1, 0.15) is 20.3 Å². The van der Waals surface area contributed by atoms with Gasteiger partial charge in [-0.3, -0.25) is 0 Å². The van der Waals surface area contributed by atoms with E-state index in [0.717, 1.165) is 6.42 Å². The molecule has 4 heteroatoms. The van der Waals surface area contributed by atoms with Gasteiger partial charge in [-0.25, -0.2) is 9.59 Å². The van der Waals surface area contributed by atoms with Crippen LogP contribution in [0.2, 0.25) is 0 Å². The zero-order valence-corrected chi connectivity index (χ0v) is 7.35. The first-order valence-corrected chi connectivity index (χ1v) is 3.73. The molecule has 0 radical (unpaired) electrons. The van der Waals surface area contributed by atoms with Crippen molar-refractivity contribution in [1.29, 1.82) is 0 Å². The van der Waals surface area contributed by atoms with E-state index in [1.807, 2.05) is 6.92 Å². The molecule has 0 bridgehead atoms. The third-order valence-corrected chi connectivity index (χ3v) is 1.05. The van der Waals surface area contributed by atoms with Gasteiger partial charge in [-0.05, 0) is 13.3 Å². The van der Waals surface area contributed by atoms with Gasteiger partial charge in [0.15, 0.2) is 0 Å². The Morgan fingerprint density at radius 3 is 2.50 bits per heavy atom. The number of carbonyl (C=O) groups is 2. The predicted molar refractivity (Wildman–Crippen MR) is 44.6 cm³/mol. The fourth-order valence-electron chi connectivity index (χ4n) is 0.434. The Kier molecular flexibility index (Phi) is 4.76. The second-order valence-electron chi connectivity index (χ2n) is 2.38. The van der Waals surface area contributed by atoms with Crippen LogP contribution in [0.15, 0.2) is 12.2 Å². The minimum Gasteiger partial charge on any atom is -0.373 e. The molecule has 0 aromatic rings. The maximum atomic E-state index is 10.7. The zero-order chi connectivity index (χ0) is 9.56. The highest BCUT2D eigenvalue weighted by Crippen LogP contribution is 1.91. The summed E-state index contributed by atoms with van der Waals surface area (Å²) in [6.45, 7) is 7.22. The molecule has 12 heavy (non-hydrogen) atoms. The van der Waals surface area contributed by atoms with E-state index in [9.17, 15) is 9.59 Å². The SMILES string of the molecule is C=C(C)C(=O)OC(=O)NCCC. The van der Waals surface area contributed by atoms with Crippen LogP contribution < -0.4 is 5.32 Å². The summed E-state index contributed by atoms with van der Waals surface area (Å²) in [5.41, 5.74) is 0.210. The maximum Gasteiger partial charge on any atom is 0.415 e. The summed E-state index contributed by atoms with van der Waals surface area (Å²) in [6, 6.07) is 0. The lowest BCUT2D eigenvalue weighted by Crippen LogP contribution is -2.27. The fourth-order valence-corrected chi connectivity index (χ4v) is 0.434. The Bertz CT molecular complexity index is 198. The van der Waals surface area contributed by atoms with E-state index >= 15 is 0 Å². The number of amides is 1. The van der Waals surface area contributed by atoms with Gasteiger partial charge in [-0.1, -0.05) is 13.5 Å². The molecule has 0 atom stereocenters. The van der Waals surface area contributed by atoms with Crippen LogP contribution >= 0.6 is 0 Å². The number of hydrogen-bond acceptors (Lipinski definition) is 3. The third kappa shape index (κ3) is 4.49. The average molecular weight is 171 g/mol. The van der Waals surface area contributed by atoms with Gasteiger partial charge in [0.05, 0.1) is 0 Å². The highest BCUT2D eigenvalue weighted by molar-refractivity contribution is 5.94. The second-order valence-corrected chi connectivity index (χ2v) is 2.38. The number of nitrogens with one attached hydrogen (secondary N) is 1. The summed E-state index contributed by atoms with van der Waals surface area (Å²) in [4.78, 5) is 21.5. The molecule has 0 aromatic heterocycles. The number of alkyl carbamates (subject to hydrolysis) is 1. The lowest BCUT2D eigenvalue weighted by Gasteiger charge is -2.02. The van der Waals surface area contributed by atoms with Crippen molar-refractivity contribution in [1.82, 2.24) is 5.32 Å². The van der Waals surface area contributed by atoms with Crippen molar-refractivity contribution in [2.75, 3.05) is 6.54 Å². The standard InChI is InChI=1S/C8H13NO3/c1-4-5-9-8(11)12-7(10)6(2)3/h2,4-5H2,1,3H3,(H,9,11). The summed E-state index contributed by atoms with van der Waals surface area (Å²) < 4.78 is 4.33. The molecule has 0 rings (SSSR count). The van der Waals surface area contributed by atoms with Crippen molar-refractivity contribution < 1.29 is 14.3 Å². The Balaban J connectivity index is 3.69. The summed E-state index contributed by atoms with van der Waals surface area (Å²) >= 11 is 0. The van der Waals surface area contributed by atoms with E-state index in [0.29, 0.717) is 6.54 Å². The number of esters is 1. The first-order chi connectivity index (χ1) is 5.57. The third-order valence-electron chi connectivity index (χ3n) is 1.05. The zero-order valence-electron chi connectivity index (χ0n) is 7.35. The number of carbonyl (C=O) groups excluding carboxylic acids is 2. The first kappa shape index (κ1) is 10.7. The lowest BCUT2D eigenvalue weighted by atomic mass is 10.4. The van der Waals surface area contributed by atoms with E-state index in [-0.39, 0.29) is 5.57 Å². The lowest BCUT2D eigenvalue weighted by molar-refractivity contribution is -0.132. The molecule has 68 valence electrons. The summed E-state index contributed by atoms with van der Waals surface area (Å²) in [7, 11) is 0. The molecule has 0 saturated carbocycles. The Labute approximate surface area is 71.6 Å². The van der Waals surface area contributed by atoms with Crippen molar-refractivity contribution in [3.8, 4) is 0 Å². The van der Waals surface area contributed by atoms with Gasteiger partial charge < -0.3 is 10.1 Å². The monoisotopic (exact) mass is 171 g/mol. The van der Waals surface area contributed by atoms with Gasteiger partial charge in [0, 0.05) is 12.1 Å². The molecule has 0 aliphatic heterocycles. The quantitative estimate of drug-likeness (QED) is 0.394. The van der Waals surface area contributed by atoms with Gasteiger partial charge in [0.1, 0.15) is 0 Å². The average Bonchev–Trinajstić information content (AvgIpc) is 2.00. The molecule has 0 fully saturated rings. The maximum absolute atomic E-state index is 10.7. The van der Waals surface area contributed by atoms with Crippen molar-refractivity contribution >= 4 is 12.1 Å². The number of hydrogen-bond donors (Lipinski definition) is 1. The molecule has 0 aromatic carbocycles. The first-order valence-electron chi connectivity index (χ1n) is 3.73. The summed E-state index contributed by atoms with van der Waals surface area (Å²) in [5.74, 6) is -0.691. The molecular weight excluding hydrogens is 158 g/mol. The molecule has 0 saturated heterocycles. The Hall–Kier alpha value is -1.32. The van der Waals surface area contributed by atoms with Crippen molar-refractivity contribution in [3.05, 3.63) is 12.2 Å². The molecule has 0 unspecified atom stereocenters. The van der Waals surface area contributed by atoms with Crippen LogP contribution in [0, 0.1) is 0 Å². The summed E-state index contributed by atoms with van der Waals surface area (Å²) in [6.07, 6.45) is 0.0842. The van der Waals surface area contributed by atoms with E-state index in [1.54, 1.807) is 0 Å². The molecule has 0 aliphatic rings. The van der Waals surface area contributed by atoms with Gasteiger partial charge in [0.25, 0.3) is 0 Å². The number of rotatable bonds is 3. The van der Waals surface area contributed by atoms with Crippen LogP contribution in [0.3, 0.4) is 0 Å². The van der Waals surface area contributed by atoms with Crippen LogP contribution in [-0.4, -0.2) is 18.6 Å². The minimum absolute atomic E-state index is 0.210. The number of ether oxygens (including phenoxy) is 1. The highest BCUT2D eigenvalue weighted by Gasteiger charge is 2.08. The van der Waals surface area contributed by atoms with Crippen molar-refractivity contribution in [2.45, 2.75) is 20.3 Å². The topological polar surface area (TPSA) is 55.4 Å². The largest absolute Gasteiger partial charge is 0.415 e. The molecule has 0 spiro atoms. The molecule has 0 aliphatic carbocycles. The molecule has 4 nitrogen and oxygen atoms in total. The van der Waals surface area contributed by atoms with Gasteiger partial charge in [0.2, 0.25) is 0 Å². The van der Waals surface area contributed by atoms with Crippen molar-refractivity contribution in [2.24, 2.45) is 0 Å².